The zero-order valence-electron chi connectivity index (χ0n) is 11.9. The van der Waals surface area contributed by atoms with Crippen molar-refractivity contribution in [2.24, 2.45) is 0 Å². The molecule has 1 fully saturated rings. The van der Waals surface area contributed by atoms with Crippen molar-refractivity contribution in [1.29, 1.82) is 0 Å². The van der Waals surface area contributed by atoms with E-state index in [0.717, 1.165) is 41.9 Å². The Morgan fingerprint density at radius 1 is 1.16 bits per heavy atom. The fourth-order valence-corrected chi connectivity index (χ4v) is 2.84. The molecule has 1 aliphatic rings. The fraction of sp³-hybridized carbons (Fsp3) is 0.533. The van der Waals surface area contributed by atoms with E-state index in [1.54, 1.807) is 14.2 Å². The van der Waals surface area contributed by atoms with Gasteiger partial charge in [-0.1, -0.05) is 12.5 Å². The first-order valence-corrected chi connectivity index (χ1v) is 6.41. The van der Waals surface area contributed by atoms with Crippen LogP contribution in [0.25, 0.3) is 0 Å². The number of ether oxygens (including phenoxy) is 3. The molecule has 1 aromatic rings. The van der Waals surface area contributed by atoms with Crippen molar-refractivity contribution in [3.8, 4) is 11.5 Å². The molecule has 0 saturated heterocycles. The van der Waals surface area contributed by atoms with Crippen molar-refractivity contribution in [3.05, 3.63) is 23.3 Å². The molecule has 4 heteroatoms. The monoisotopic (exact) mass is 264 g/mol. The lowest BCUT2D eigenvalue weighted by atomic mass is 9.64. The summed E-state index contributed by atoms with van der Waals surface area (Å²) < 4.78 is 15.8. The van der Waals surface area contributed by atoms with Crippen molar-refractivity contribution >= 4 is 5.97 Å². The van der Waals surface area contributed by atoms with Gasteiger partial charge in [-0.3, -0.25) is 4.79 Å². The zero-order chi connectivity index (χ0) is 14.0. The summed E-state index contributed by atoms with van der Waals surface area (Å²) in [5.41, 5.74) is 1.28. The Labute approximate surface area is 113 Å². The number of methoxy groups -OCH3 is 3. The number of rotatable bonds is 4. The smallest absolute Gasteiger partial charge is 0.316 e. The SMILES string of the molecule is COC(=O)C1(c2ccc(OC)c(C)c2OC)CCC1. The maximum absolute atomic E-state index is 12.1. The van der Waals surface area contributed by atoms with Gasteiger partial charge in [-0.25, -0.2) is 0 Å². The van der Waals surface area contributed by atoms with Crippen LogP contribution in [0.5, 0.6) is 11.5 Å². The van der Waals surface area contributed by atoms with Gasteiger partial charge in [0.05, 0.1) is 26.7 Å². The lowest BCUT2D eigenvalue weighted by Crippen LogP contribution is -2.43. The maximum atomic E-state index is 12.1. The molecule has 0 aliphatic heterocycles. The Balaban J connectivity index is 2.55. The molecule has 0 spiro atoms. The van der Waals surface area contributed by atoms with E-state index >= 15 is 0 Å². The highest BCUT2D eigenvalue weighted by atomic mass is 16.5. The normalized spacial score (nSPS) is 16.4. The van der Waals surface area contributed by atoms with Crippen LogP contribution in [0.1, 0.15) is 30.4 Å². The van der Waals surface area contributed by atoms with Gasteiger partial charge in [0.2, 0.25) is 0 Å². The molecule has 0 radical (unpaired) electrons. The third kappa shape index (κ3) is 1.95. The van der Waals surface area contributed by atoms with Crippen LogP contribution in [0, 0.1) is 6.92 Å². The summed E-state index contributed by atoms with van der Waals surface area (Å²) in [6, 6.07) is 3.80. The van der Waals surface area contributed by atoms with Gasteiger partial charge in [0, 0.05) is 11.1 Å². The molecule has 1 saturated carbocycles. The predicted octanol–water partition coefficient (Wildman–Crippen LogP) is 2.61. The second kappa shape index (κ2) is 5.11. The third-order valence-corrected chi connectivity index (χ3v) is 4.08. The van der Waals surface area contributed by atoms with Gasteiger partial charge in [0.25, 0.3) is 0 Å². The van der Waals surface area contributed by atoms with Gasteiger partial charge in [-0.15, -0.1) is 0 Å². The number of esters is 1. The first kappa shape index (κ1) is 13.7. The number of hydrogen-bond donors (Lipinski definition) is 0. The molecular weight excluding hydrogens is 244 g/mol. The van der Waals surface area contributed by atoms with Crippen molar-refractivity contribution in [2.75, 3.05) is 21.3 Å². The molecule has 0 bridgehead atoms. The molecule has 1 aromatic carbocycles. The van der Waals surface area contributed by atoms with Crippen LogP contribution >= 0.6 is 0 Å². The molecule has 0 amide bonds. The molecule has 104 valence electrons. The molecule has 0 N–H and O–H groups in total. The van der Waals surface area contributed by atoms with E-state index in [1.807, 2.05) is 19.1 Å². The molecule has 0 unspecified atom stereocenters. The van der Waals surface area contributed by atoms with E-state index in [-0.39, 0.29) is 5.97 Å². The Hall–Kier alpha value is -1.71. The minimum absolute atomic E-state index is 0.179. The van der Waals surface area contributed by atoms with Gasteiger partial charge in [0.1, 0.15) is 11.5 Å². The molecule has 0 atom stereocenters. The van der Waals surface area contributed by atoms with Gasteiger partial charge < -0.3 is 14.2 Å². The van der Waals surface area contributed by atoms with Crippen LogP contribution in [-0.4, -0.2) is 27.3 Å². The summed E-state index contributed by atoms with van der Waals surface area (Å²) in [7, 11) is 4.68. The lowest BCUT2D eigenvalue weighted by Gasteiger charge is -2.40. The van der Waals surface area contributed by atoms with Gasteiger partial charge in [-0.2, -0.15) is 0 Å². The lowest BCUT2D eigenvalue weighted by molar-refractivity contribution is -0.151. The molecule has 4 nitrogen and oxygen atoms in total. The number of carbonyl (C=O) groups is 1. The minimum Gasteiger partial charge on any atom is -0.496 e. The summed E-state index contributed by atoms with van der Waals surface area (Å²) in [5, 5.41) is 0. The summed E-state index contributed by atoms with van der Waals surface area (Å²) in [4.78, 5) is 12.1. The molecular formula is C15H20O4. The van der Waals surface area contributed by atoms with E-state index in [1.165, 1.54) is 7.11 Å². The van der Waals surface area contributed by atoms with Crippen LogP contribution in [0.2, 0.25) is 0 Å². The highest BCUT2D eigenvalue weighted by molar-refractivity contribution is 5.85. The summed E-state index contributed by atoms with van der Waals surface area (Å²) in [5.74, 6) is 1.31. The van der Waals surface area contributed by atoms with Crippen LogP contribution in [-0.2, 0) is 14.9 Å². The largest absolute Gasteiger partial charge is 0.496 e. The average Bonchev–Trinajstić information content (AvgIpc) is 2.37. The second-order valence-electron chi connectivity index (χ2n) is 4.90. The average molecular weight is 264 g/mol. The highest BCUT2D eigenvalue weighted by Gasteiger charge is 2.48. The highest BCUT2D eigenvalue weighted by Crippen LogP contribution is 2.49. The van der Waals surface area contributed by atoms with Crippen LogP contribution in [0.15, 0.2) is 12.1 Å². The first-order chi connectivity index (χ1) is 9.10. The molecule has 1 aliphatic carbocycles. The predicted molar refractivity (Wildman–Crippen MR) is 71.8 cm³/mol. The van der Waals surface area contributed by atoms with E-state index in [2.05, 4.69) is 0 Å². The van der Waals surface area contributed by atoms with Crippen LogP contribution in [0.3, 0.4) is 0 Å². The van der Waals surface area contributed by atoms with Crippen molar-refractivity contribution in [3.63, 3.8) is 0 Å². The quantitative estimate of drug-likeness (QED) is 0.784. The summed E-state index contributed by atoms with van der Waals surface area (Å²) in [6.45, 7) is 1.94. The standard InChI is InChI=1S/C15H20O4/c1-10-12(17-2)7-6-11(13(10)18-3)15(8-5-9-15)14(16)19-4/h6-7H,5,8-9H2,1-4H3. The third-order valence-electron chi connectivity index (χ3n) is 4.08. The minimum atomic E-state index is -0.545. The topological polar surface area (TPSA) is 44.8 Å². The molecule has 0 aromatic heterocycles. The van der Waals surface area contributed by atoms with Crippen molar-refractivity contribution < 1.29 is 19.0 Å². The van der Waals surface area contributed by atoms with Crippen molar-refractivity contribution in [1.82, 2.24) is 0 Å². The van der Waals surface area contributed by atoms with Gasteiger partial charge >= 0.3 is 5.97 Å². The van der Waals surface area contributed by atoms with E-state index in [9.17, 15) is 4.79 Å². The zero-order valence-corrected chi connectivity index (χ0v) is 11.9. The maximum Gasteiger partial charge on any atom is 0.316 e. The molecule has 19 heavy (non-hydrogen) atoms. The van der Waals surface area contributed by atoms with Crippen LogP contribution < -0.4 is 9.47 Å². The van der Waals surface area contributed by atoms with Gasteiger partial charge in [-0.05, 0) is 25.8 Å². The Morgan fingerprint density at radius 3 is 2.26 bits per heavy atom. The number of carbonyl (C=O) groups excluding carboxylic acids is 1. The Bertz CT molecular complexity index is 489. The summed E-state index contributed by atoms with van der Waals surface area (Å²) in [6.07, 6.45) is 2.65. The first-order valence-electron chi connectivity index (χ1n) is 6.41. The van der Waals surface area contributed by atoms with Crippen LogP contribution in [0.4, 0.5) is 0 Å². The Morgan fingerprint density at radius 2 is 1.84 bits per heavy atom. The van der Waals surface area contributed by atoms with Gasteiger partial charge in [0.15, 0.2) is 0 Å². The van der Waals surface area contributed by atoms with E-state index in [4.69, 9.17) is 14.2 Å². The number of benzene rings is 1. The molecule has 0 heterocycles. The fourth-order valence-electron chi connectivity index (χ4n) is 2.84. The summed E-state index contributed by atoms with van der Waals surface area (Å²) >= 11 is 0. The second-order valence-corrected chi connectivity index (χ2v) is 4.90. The van der Waals surface area contributed by atoms with E-state index < -0.39 is 5.41 Å². The van der Waals surface area contributed by atoms with Crippen molar-refractivity contribution in [2.45, 2.75) is 31.6 Å². The van der Waals surface area contributed by atoms with E-state index in [0.29, 0.717) is 0 Å². The molecule has 2 rings (SSSR count). The Kier molecular flexibility index (Phi) is 3.69. The number of hydrogen-bond acceptors (Lipinski definition) is 4.